The van der Waals surface area contributed by atoms with Gasteiger partial charge < -0.3 is 25.0 Å². The third-order valence-electron chi connectivity index (χ3n) is 9.04. The van der Waals surface area contributed by atoms with Gasteiger partial charge in [0.25, 0.3) is 11.8 Å². The van der Waals surface area contributed by atoms with E-state index in [9.17, 15) is 19.6 Å². The molecule has 0 radical (unpaired) electrons. The van der Waals surface area contributed by atoms with Crippen LogP contribution in [0.4, 0.5) is 0 Å². The van der Waals surface area contributed by atoms with Crippen LogP contribution in [0.1, 0.15) is 80.8 Å². The average Bonchev–Trinajstić information content (AvgIpc) is 3.67. The first-order chi connectivity index (χ1) is 21.5. The topological polar surface area (TPSA) is 138 Å². The number of nitriles is 1. The summed E-state index contributed by atoms with van der Waals surface area (Å²) in [5.74, 6) is 1.09. The van der Waals surface area contributed by atoms with Crippen LogP contribution in [0, 0.1) is 18.3 Å². The first kappa shape index (κ1) is 31.9. The lowest BCUT2D eigenvalue weighted by Gasteiger charge is -2.37. The van der Waals surface area contributed by atoms with Gasteiger partial charge in [0.05, 0.1) is 18.0 Å². The molecule has 2 aromatic carbocycles. The lowest BCUT2D eigenvalue weighted by Crippen LogP contribution is -2.45. The highest BCUT2D eigenvalue weighted by atomic mass is 16.2. The summed E-state index contributed by atoms with van der Waals surface area (Å²) in [5.41, 5.74) is 4.42. The van der Waals surface area contributed by atoms with Gasteiger partial charge in [-0.1, -0.05) is 12.1 Å². The molecule has 1 aromatic heterocycles. The summed E-state index contributed by atoms with van der Waals surface area (Å²) in [5, 5.41) is 22.0. The van der Waals surface area contributed by atoms with E-state index in [1.165, 1.54) is 0 Å². The van der Waals surface area contributed by atoms with Crippen LogP contribution in [0.2, 0.25) is 0 Å². The number of amides is 3. The minimum atomic E-state index is -0.833. The lowest BCUT2D eigenvalue weighted by molar-refractivity contribution is -0.130. The lowest BCUT2D eigenvalue weighted by atomic mass is 9.67. The fourth-order valence-corrected chi connectivity index (χ4v) is 6.83. The van der Waals surface area contributed by atoms with Crippen LogP contribution in [0.25, 0.3) is 0 Å². The Morgan fingerprint density at radius 3 is 2.09 bits per heavy atom. The molecule has 0 bridgehead atoms. The van der Waals surface area contributed by atoms with E-state index >= 15 is 0 Å². The largest absolute Gasteiger partial charge is 0.345 e. The van der Waals surface area contributed by atoms with E-state index in [1.807, 2.05) is 50.2 Å². The number of hydrogen-bond donors (Lipinski definition) is 2. The second-order valence-electron chi connectivity index (χ2n) is 12.7. The van der Waals surface area contributed by atoms with Crippen molar-refractivity contribution in [2.45, 2.75) is 63.5 Å². The molecule has 5 rings (SSSR count). The molecule has 3 amide bonds. The summed E-state index contributed by atoms with van der Waals surface area (Å²) < 4.78 is 0. The number of fused-ring (bicyclic) bond motifs is 2. The van der Waals surface area contributed by atoms with E-state index in [-0.39, 0.29) is 36.3 Å². The average molecular weight is 611 g/mol. The third kappa shape index (κ3) is 6.07. The Hall–Kier alpha value is -4.56. The molecule has 2 heterocycles. The minimum Gasteiger partial charge on any atom is -0.345 e. The molecule has 0 spiro atoms. The first-order valence-corrected chi connectivity index (χ1v) is 15.5. The number of hydrogen-bond acceptors (Lipinski definition) is 7. The Kier molecular flexibility index (Phi) is 9.07. The molecule has 11 heteroatoms. The molecule has 1 saturated heterocycles. The molecule has 236 valence electrons. The van der Waals surface area contributed by atoms with E-state index in [4.69, 9.17) is 0 Å². The number of aryl methyl sites for hydroxylation is 3. The van der Waals surface area contributed by atoms with Crippen molar-refractivity contribution in [1.82, 2.24) is 35.2 Å². The van der Waals surface area contributed by atoms with Crippen molar-refractivity contribution in [1.29, 1.82) is 5.26 Å². The van der Waals surface area contributed by atoms with Gasteiger partial charge in [-0.3, -0.25) is 14.4 Å². The number of aromatic nitrogens is 3. The van der Waals surface area contributed by atoms with Crippen LogP contribution >= 0.6 is 0 Å². The van der Waals surface area contributed by atoms with E-state index in [0.717, 1.165) is 28.7 Å². The second kappa shape index (κ2) is 12.8. The molecule has 45 heavy (non-hydrogen) atoms. The highest BCUT2D eigenvalue weighted by Gasteiger charge is 2.45. The van der Waals surface area contributed by atoms with Gasteiger partial charge in [-0.2, -0.15) is 5.26 Å². The van der Waals surface area contributed by atoms with Crippen molar-refractivity contribution in [3.05, 3.63) is 81.4 Å². The summed E-state index contributed by atoms with van der Waals surface area (Å²) in [6, 6.07) is 13.4. The number of likely N-dealkylation sites (tertiary alicyclic amines) is 1. The van der Waals surface area contributed by atoms with Gasteiger partial charge in [0, 0.05) is 51.9 Å². The Balaban J connectivity index is 1.63. The summed E-state index contributed by atoms with van der Waals surface area (Å²) in [6.07, 6.45) is 3.37. The van der Waals surface area contributed by atoms with Crippen molar-refractivity contribution in [3.63, 3.8) is 0 Å². The standard InChI is InChI=1S/C34H42N8O3/c1-21(36-20-30(43)42-15-7-8-27(42)19-35)18-34(33-37-22(2)38-39-33)28-13-11-25(31(44)40(3)4)16-23(28)9-10-24-17-26(12-14-29(24)34)32(45)41(5)6/h11-14,16-17,21,27,36H,7-10,15,18,20H2,1-6H3,(H,37,38,39)/t21-,27+/m1/s1. The highest BCUT2D eigenvalue weighted by Crippen LogP contribution is 2.47. The summed E-state index contributed by atoms with van der Waals surface area (Å²) in [4.78, 5) is 47.4. The predicted molar refractivity (Wildman–Crippen MR) is 170 cm³/mol. The SMILES string of the molecule is Cc1nnc(C2(C[C@@H](C)NCC(=O)N3CCC[C@H]3C#N)c3ccc(C(=O)N(C)C)cc3CCc3cc(C(=O)N(C)C)ccc32)[nH]1. The normalized spacial score (nSPS) is 17.4. The first-order valence-electron chi connectivity index (χ1n) is 15.5. The molecule has 1 aliphatic carbocycles. The fraction of sp³-hybridized carbons (Fsp3) is 0.471. The van der Waals surface area contributed by atoms with E-state index in [0.29, 0.717) is 55.0 Å². The number of carbonyl (C=O) groups is 3. The van der Waals surface area contributed by atoms with Gasteiger partial charge in [-0.15, -0.1) is 10.2 Å². The van der Waals surface area contributed by atoms with E-state index in [1.54, 1.807) is 42.9 Å². The zero-order chi connectivity index (χ0) is 32.5. The molecular formula is C34H42N8O3. The van der Waals surface area contributed by atoms with E-state index < -0.39 is 5.41 Å². The number of benzene rings is 2. The van der Waals surface area contributed by atoms with Crippen molar-refractivity contribution >= 4 is 17.7 Å². The quantitative estimate of drug-likeness (QED) is 0.400. The molecule has 2 N–H and O–H groups in total. The molecule has 1 aliphatic heterocycles. The van der Waals surface area contributed by atoms with Crippen LogP contribution in [0.3, 0.4) is 0 Å². The predicted octanol–water partition coefficient (Wildman–Crippen LogP) is 2.83. The van der Waals surface area contributed by atoms with Crippen LogP contribution in [0.5, 0.6) is 0 Å². The van der Waals surface area contributed by atoms with Crippen LogP contribution in [-0.4, -0.2) is 101 Å². The number of rotatable bonds is 8. The monoisotopic (exact) mass is 610 g/mol. The number of aromatic amines is 1. The molecular weight excluding hydrogens is 568 g/mol. The Labute approximate surface area is 264 Å². The maximum absolute atomic E-state index is 13.1. The Bertz CT molecular complexity index is 1580. The molecule has 0 saturated carbocycles. The smallest absolute Gasteiger partial charge is 0.253 e. The molecule has 2 atom stereocenters. The van der Waals surface area contributed by atoms with E-state index in [2.05, 4.69) is 26.6 Å². The maximum atomic E-state index is 13.1. The Morgan fingerprint density at radius 2 is 1.60 bits per heavy atom. The fourth-order valence-electron chi connectivity index (χ4n) is 6.83. The summed E-state index contributed by atoms with van der Waals surface area (Å²) >= 11 is 0. The van der Waals surface area contributed by atoms with Crippen molar-refractivity contribution in [3.8, 4) is 6.07 Å². The minimum absolute atomic E-state index is 0.0781. The summed E-state index contributed by atoms with van der Waals surface area (Å²) in [7, 11) is 6.96. The summed E-state index contributed by atoms with van der Waals surface area (Å²) in [6.45, 7) is 4.61. The van der Waals surface area contributed by atoms with Crippen LogP contribution < -0.4 is 5.32 Å². The van der Waals surface area contributed by atoms with Gasteiger partial charge in [-0.05, 0) is 92.5 Å². The molecule has 0 unspecified atom stereocenters. The van der Waals surface area contributed by atoms with Gasteiger partial charge in [0.1, 0.15) is 17.7 Å². The van der Waals surface area contributed by atoms with Crippen LogP contribution in [0.15, 0.2) is 36.4 Å². The zero-order valence-electron chi connectivity index (χ0n) is 27.0. The van der Waals surface area contributed by atoms with Crippen molar-refractivity contribution in [2.24, 2.45) is 0 Å². The molecule has 1 fully saturated rings. The Morgan fingerprint density at radius 1 is 1.02 bits per heavy atom. The number of nitrogens with one attached hydrogen (secondary N) is 2. The number of H-pyrrole nitrogens is 1. The maximum Gasteiger partial charge on any atom is 0.253 e. The van der Waals surface area contributed by atoms with Gasteiger partial charge in [0.15, 0.2) is 0 Å². The van der Waals surface area contributed by atoms with Gasteiger partial charge in [-0.25, -0.2) is 0 Å². The number of carbonyl (C=O) groups excluding carboxylic acids is 3. The molecule has 11 nitrogen and oxygen atoms in total. The zero-order valence-corrected chi connectivity index (χ0v) is 27.0. The van der Waals surface area contributed by atoms with Crippen molar-refractivity contribution in [2.75, 3.05) is 41.3 Å². The molecule has 2 aliphatic rings. The molecule has 3 aromatic rings. The highest BCUT2D eigenvalue weighted by molar-refractivity contribution is 5.95. The van der Waals surface area contributed by atoms with Crippen molar-refractivity contribution < 1.29 is 14.4 Å². The second-order valence-corrected chi connectivity index (χ2v) is 12.7. The van der Waals surface area contributed by atoms with Gasteiger partial charge >= 0.3 is 0 Å². The van der Waals surface area contributed by atoms with Crippen LogP contribution in [-0.2, 0) is 23.1 Å². The third-order valence-corrected chi connectivity index (χ3v) is 9.04. The number of nitrogens with zero attached hydrogens (tertiary/aromatic N) is 6. The van der Waals surface area contributed by atoms with Gasteiger partial charge in [0.2, 0.25) is 5.91 Å².